The van der Waals surface area contributed by atoms with Crippen molar-refractivity contribution in [3.63, 3.8) is 0 Å². The third kappa shape index (κ3) is 11.7. The zero-order valence-electron chi connectivity index (χ0n) is 28.4. The average molecular weight is 553 g/mol. The maximum absolute atomic E-state index is 2.47. The monoisotopic (exact) mass is 552 g/mol. The zero-order valence-corrected chi connectivity index (χ0v) is 28.4. The lowest BCUT2D eigenvalue weighted by Crippen LogP contribution is -2.39. The largest absolute Gasteiger partial charge is 0.0801 e. The highest BCUT2D eigenvalue weighted by atomic mass is 14.5. The van der Waals surface area contributed by atoms with E-state index in [-0.39, 0.29) is 0 Å². The molecule has 0 aromatic heterocycles. The molecule has 0 aliphatic heterocycles. The molecule has 41 heavy (non-hydrogen) atoms. The minimum atomic E-state index is 0.291. The fourth-order valence-electron chi connectivity index (χ4n) is 6.70. The Morgan fingerprint density at radius 3 is 1.56 bits per heavy atom. The average Bonchev–Trinajstić information content (AvgIpc) is 2.85. The Morgan fingerprint density at radius 2 is 1.05 bits per heavy atom. The van der Waals surface area contributed by atoms with Crippen molar-refractivity contribution in [2.24, 2.45) is 22.2 Å². The first-order valence-electron chi connectivity index (χ1n) is 15.9. The van der Waals surface area contributed by atoms with Crippen molar-refractivity contribution in [1.82, 2.24) is 0 Å². The fourth-order valence-corrected chi connectivity index (χ4v) is 6.70. The number of hydrogen-bond donors (Lipinski definition) is 0. The second kappa shape index (κ2) is 15.6. The van der Waals surface area contributed by atoms with Crippen LogP contribution in [0.25, 0.3) is 0 Å². The Labute approximate surface area is 254 Å². The SMILES string of the molecule is CC1=C(/C=C/C(C)=C/C=C/C(C)=C/C=C/C=C(C)/C=C/C=C(C)/C=C/C2C(C)(C)CCCC2(C)C)C(C)(C)CCC1. The van der Waals surface area contributed by atoms with Crippen molar-refractivity contribution < 1.29 is 0 Å². The molecule has 1 fully saturated rings. The molecule has 0 radical (unpaired) electrons. The first-order chi connectivity index (χ1) is 19.1. The second-order valence-electron chi connectivity index (χ2n) is 14.7. The highest BCUT2D eigenvalue weighted by Gasteiger charge is 2.41. The van der Waals surface area contributed by atoms with E-state index < -0.39 is 0 Å². The molecule has 2 rings (SSSR count). The Bertz CT molecular complexity index is 1170. The van der Waals surface area contributed by atoms with Gasteiger partial charge in [-0.15, -0.1) is 0 Å². The highest BCUT2D eigenvalue weighted by molar-refractivity contribution is 5.37. The van der Waals surface area contributed by atoms with Gasteiger partial charge in [0, 0.05) is 0 Å². The van der Waals surface area contributed by atoms with E-state index in [1.165, 1.54) is 66.4 Å². The summed E-state index contributed by atoms with van der Waals surface area (Å²) in [7, 11) is 0. The standard InChI is InChI=1S/C41H60/c1-32(20-14-22-34(3)25-27-37-36(5)24-16-29-39(37,6)7)18-12-13-19-33(2)21-15-23-35(4)26-28-38-40(8,9)30-17-31-41(38,10)11/h12-15,18-23,25-28,38H,16-17,24,29-31H2,1-11H3/b13-12+,20-14+,21-15+,27-25+,28-26+,32-18+,33-19+,34-22+,35-23+. The zero-order chi connectivity index (χ0) is 30.7. The van der Waals surface area contributed by atoms with Gasteiger partial charge in [-0.05, 0) is 94.5 Å². The summed E-state index contributed by atoms with van der Waals surface area (Å²) in [6.45, 7) is 25.5. The lowest BCUT2D eigenvalue weighted by Gasteiger charge is -2.48. The molecular formula is C41H60. The van der Waals surface area contributed by atoms with Crippen LogP contribution in [0.5, 0.6) is 0 Å². The van der Waals surface area contributed by atoms with Crippen molar-refractivity contribution in [1.29, 1.82) is 0 Å². The molecule has 0 spiro atoms. The molecule has 0 unspecified atom stereocenters. The van der Waals surface area contributed by atoms with Crippen LogP contribution >= 0.6 is 0 Å². The molecular weight excluding hydrogens is 492 g/mol. The normalized spacial score (nSPS) is 23.4. The van der Waals surface area contributed by atoms with Crippen molar-refractivity contribution in [3.05, 3.63) is 119 Å². The van der Waals surface area contributed by atoms with E-state index in [0.717, 1.165) is 0 Å². The fraction of sp³-hybridized carbons (Fsp3) is 0.512. The molecule has 0 heteroatoms. The molecule has 0 aromatic carbocycles. The van der Waals surface area contributed by atoms with Gasteiger partial charge in [-0.2, -0.15) is 0 Å². The van der Waals surface area contributed by atoms with Gasteiger partial charge in [-0.3, -0.25) is 0 Å². The summed E-state index contributed by atoms with van der Waals surface area (Å²) in [6, 6.07) is 0. The Hall–Kier alpha value is -2.60. The Morgan fingerprint density at radius 1 is 0.585 bits per heavy atom. The summed E-state index contributed by atoms with van der Waals surface area (Å²) in [5.41, 5.74) is 9.16. The summed E-state index contributed by atoms with van der Waals surface area (Å²) >= 11 is 0. The lowest BCUT2D eigenvalue weighted by atomic mass is 9.57. The van der Waals surface area contributed by atoms with Crippen LogP contribution in [-0.4, -0.2) is 0 Å². The van der Waals surface area contributed by atoms with Gasteiger partial charge < -0.3 is 0 Å². The topological polar surface area (TPSA) is 0 Å². The molecule has 0 aromatic rings. The van der Waals surface area contributed by atoms with Gasteiger partial charge in [0.2, 0.25) is 0 Å². The summed E-state index contributed by atoms with van der Waals surface area (Å²) in [4.78, 5) is 0. The van der Waals surface area contributed by atoms with Crippen LogP contribution < -0.4 is 0 Å². The van der Waals surface area contributed by atoms with E-state index in [1.54, 1.807) is 5.57 Å². The predicted octanol–water partition coefficient (Wildman–Crippen LogP) is 12.9. The van der Waals surface area contributed by atoms with Crippen LogP contribution in [0.2, 0.25) is 0 Å². The van der Waals surface area contributed by atoms with E-state index in [9.17, 15) is 0 Å². The summed E-state index contributed by atoms with van der Waals surface area (Å²) in [5, 5.41) is 0. The van der Waals surface area contributed by atoms with Crippen molar-refractivity contribution in [2.75, 3.05) is 0 Å². The molecule has 2 aliphatic carbocycles. The van der Waals surface area contributed by atoms with Gasteiger partial charge in [0.1, 0.15) is 0 Å². The molecule has 0 saturated heterocycles. The smallest absolute Gasteiger partial charge is 0.0104 e. The summed E-state index contributed by atoms with van der Waals surface area (Å²) in [6.07, 6.45) is 38.8. The summed E-state index contributed by atoms with van der Waals surface area (Å²) in [5.74, 6) is 0.618. The molecule has 1 saturated carbocycles. The number of allylic oxidation sites excluding steroid dienone is 20. The van der Waals surface area contributed by atoms with E-state index in [1.807, 2.05) is 0 Å². The Kier molecular flexibility index (Phi) is 13.1. The Balaban J connectivity index is 1.89. The minimum absolute atomic E-state index is 0.291. The van der Waals surface area contributed by atoms with Gasteiger partial charge >= 0.3 is 0 Å². The first kappa shape index (κ1) is 34.6. The van der Waals surface area contributed by atoms with E-state index in [0.29, 0.717) is 22.2 Å². The third-order valence-corrected chi connectivity index (χ3v) is 9.20. The predicted molar refractivity (Wildman–Crippen MR) is 186 cm³/mol. The van der Waals surface area contributed by atoms with Crippen LogP contribution in [0.1, 0.15) is 115 Å². The third-order valence-electron chi connectivity index (χ3n) is 9.20. The molecule has 0 heterocycles. The van der Waals surface area contributed by atoms with Crippen LogP contribution in [0.4, 0.5) is 0 Å². The second-order valence-corrected chi connectivity index (χ2v) is 14.7. The molecule has 0 N–H and O–H groups in total. The lowest BCUT2D eigenvalue weighted by molar-refractivity contribution is 0.0498. The molecule has 2 aliphatic rings. The van der Waals surface area contributed by atoms with Crippen LogP contribution in [-0.2, 0) is 0 Å². The number of hydrogen-bond acceptors (Lipinski definition) is 0. The highest BCUT2D eigenvalue weighted by Crippen LogP contribution is 2.51. The van der Waals surface area contributed by atoms with Gasteiger partial charge in [0.25, 0.3) is 0 Å². The minimum Gasteiger partial charge on any atom is -0.0801 e. The number of rotatable bonds is 10. The molecule has 0 nitrogen and oxygen atoms in total. The van der Waals surface area contributed by atoms with E-state index in [2.05, 4.69) is 161 Å². The quantitative estimate of drug-likeness (QED) is 0.236. The van der Waals surface area contributed by atoms with Gasteiger partial charge in [0.05, 0.1) is 0 Å². The van der Waals surface area contributed by atoms with E-state index >= 15 is 0 Å². The van der Waals surface area contributed by atoms with Crippen LogP contribution in [0.15, 0.2) is 119 Å². The van der Waals surface area contributed by atoms with Gasteiger partial charge in [-0.25, -0.2) is 0 Å². The molecule has 0 atom stereocenters. The van der Waals surface area contributed by atoms with Gasteiger partial charge in [-0.1, -0.05) is 161 Å². The van der Waals surface area contributed by atoms with Crippen molar-refractivity contribution in [3.8, 4) is 0 Å². The van der Waals surface area contributed by atoms with Gasteiger partial charge in [0.15, 0.2) is 0 Å². The summed E-state index contributed by atoms with van der Waals surface area (Å²) < 4.78 is 0. The maximum Gasteiger partial charge on any atom is -0.0104 e. The van der Waals surface area contributed by atoms with Crippen molar-refractivity contribution >= 4 is 0 Å². The first-order valence-corrected chi connectivity index (χ1v) is 15.9. The molecule has 0 bridgehead atoms. The van der Waals surface area contributed by atoms with E-state index in [4.69, 9.17) is 0 Å². The van der Waals surface area contributed by atoms with Crippen molar-refractivity contribution in [2.45, 2.75) is 115 Å². The van der Waals surface area contributed by atoms with Crippen LogP contribution in [0, 0.1) is 22.2 Å². The molecule has 0 amide bonds. The maximum atomic E-state index is 2.47. The molecule has 224 valence electrons. The van der Waals surface area contributed by atoms with Crippen LogP contribution in [0.3, 0.4) is 0 Å².